The third-order valence-corrected chi connectivity index (χ3v) is 6.72. The number of amides is 1. The fraction of sp³-hybridized carbons (Fsp3) is 0.208. The molecule has 31 heavy (non-hydrogen) atoms. The van der Waals surface area contributed by atoms with E-state index in [1.807, 2.05) is 19.9 Å². The monoisotopic (exact) mass is 438 g/mol. The molecule has 3 aromatic rings. The van der Waals surface area contributed by atoms with Crippen LogP contribution in [0.1, 0.15) is 30.6 Å². The van der Waals surface area contributed by atoms with Crippen LogP contribution in [0.25, 0.3) is 0 Å². The minimum absolute atomic E-state index is 0.107. The summed E-state index contributed by atoms with van der Waals surface area (Å²) in [6.07, 6.45) is 1.00. The number of para-hydroxylation sites is 1. The summed E-state index contributed by atoms with van der Waals surface area (Å²) in [5.74, 6) is 0.426. The number of nitrogens with one attached hydrogen (secondary N) is 1. The van der Waals surface area contributed by atoms with E-state index in [1.165, 1.54) is 23.5 Å². The van der Waals surface area contributed by atoms with E-state index in [2.05, 4.69) is 5.32 Å². The molecule has 6 nitrogen and oxygen atoms in total. The molecule has 162 valence electrons. The Kier molecular flexibility index (Phi) is 6.97. The maximum absolute atomic E-state index is 12.8. The topological polar surface area (TPSA) is 75.7 Å². The number of ether oxygens (including phenoxy) is 1. The van der Waals surface area contributed by atoms with Crippen molar-refractivity contribution in [2.45, 2.75) is 31.3 Å². The molecule has 0 bridgehead atoms. The van der Waals surface area contributed by atoms with Gasteiger partial charge in [0.15, 0.2) is 0 Å². The molecule has 0 spiro atoms. The van der Waals surface area contributed by atoms with Gasteiger partial charge in [0.2, 0.25) is 0 Å². The van der Waals surface area contributed by atoms with Crippen LogP contribution in [0.15, 0.2) is 83.8 Å². The van der Waals surface area contributed by atoms with Crippen molar-refractivity contribution >= 4 is 27.3 Å². The van der Waals surface area contributed by atoms with Crippen molar-refractivity contribution in [3.8, 4) is 5.75 Å². The van der Waals surface area contributed by atoms with E-state index in [0.29, 0.717) is 22.7 Å². The second-order valence-electron chi connectivity index (χ2n) is 7.15. The summed E-state index contributed by atoms with van der Waals surface area (Å²) in [6.45, 7) is 4.03. The molecule has 0 saturated heterocycles. The summed E-state index contributed by atoms with van der Waals surface area (Å²) in [5, 5.41) is 2.78. The van der Waals surface area contributed by atoms with Crippen LogP contribution in [0, 0.1) is 0 Å². The number of anilines is 2. The summed E-state index contributed by atoms with van der Waals surface area (Å²) in [5.41, 5.74) is 1.56. The summed E-state index contributed by atoms with van der Waals surface area (Å²) in [7, 11) is -2.19. The lowest BCUT2D eigenvalue weighted by molar-refractivity contribution is 0.102. The zero-order valence-electron chi connectivity index (χ0n) is 17.8. The lowest BCUT2D eigenvalue weighted by atomic mass is 10.2. The number of carbonyl (C=O) groups is 1. The smallest absolute Gasteiger partial charge is 0.264 e. The third-order valence-electron chi connectivity index (χ3n) is 4.92. The van der Waals surface area contributed by atoms with E-state index in [-0.39, 0.29) is 16.9 Å². The summed E-state index contributed by atoms with van der Waals surface area (Å²) in [4.78, 5) is 12.6. The first kappa shape index (κ1) is 22.4. The molecule has 1 unspecified atom stereocenters. The predicted octanol–water partition coefficient (Wildman–Crippen LogP) is 4.94. The first-order chi connectivity index (χ1) is 14.8. The highest BCUT2D eigenvalue weighted by Gasteiger charge is 2.21. The fourth-order valence-electron chi connectivity index (χ4n) is 2.85. The van der Waals surface area contributed by atoms with Crippen molar-refractivity contribution in [2.75, 3.05) is 16.7 Å². The van der Waals surface area contributed by atoms with Gasteiger partial charge in [0.1, 0.15) is 5.75 Å². The zero-order valence-corrected chi connectivity index (χ0v) is 18.6. The van der Waals surface area contributed by atoms with Crippen LogP contribution in [0.4, 0.5) is 11.4 Å². The van der Waals surface area contributed by atoms with Gasteiger partial charge in [-0.3, -0.25) is 9.10 Å². The lowest BCUT2D eigenvalue weighted by Crippen LogP contribution is -2.26. The number of rotatable bonds is 8. The molecule has 0 heterocycles. The van der Waals surface area contributed by atoms with E-state index >= 15 is 0 Å². The minimum atomic E-state index is -3.70. The Morgan fingerprint density at radius 3 is 2.16 bits per heavy atom. The average molecular weight is 439 g/mol. The molecular formula is C24H26N2O4S. The Bertz CT molecular complexity index is 1110. The van der Waals surface area contributed by atoms with Crippen molar-refractivity contribution in [1.82, 2.24) is 0 Å². The number of benzene rings is 3. The predicted molar refractivity (Wildman–Crippen MR) is 123 cm³/mol. The second kappa shape index (κ2) is 9.66. The van der Waals surface area contributed by atoms with E-state index in [0.717, 1.165) is 6.42 Å². The molecule has 3 rings (SSSR count). The molecule has 0 aromatic heterocycles. The van der Waals surface area contributed by atoms with Crippen LogP contribution < -0.4 is 14.4 Å². The summed E-state index contributed by atoms with van der Waals surface area (Å²) in [6, 6.07) is 21.9. The maximum Gasteiger partial charge on any atom is 0.264 e. The van der Waals surface area contributed by atoms with Gasteiger partial charge < -0.3 is 10.1 Å². The van der Waals surface area contributed by atoms with Crippen LogP contribution in [-0.4, -0.2) is 27.5 Å². The van der Waals surface area contributed by atoms with Crippen LogP contribution in [0.2, 0.25) is 0 Å². The Morgan fingerprint density at radius 2 is 1.58 bits per heavy atom. The van der Waals surface area contributed by atoms with Gasteiger partial charge in [0.05, 0.1) is 16.7 Å². The quantitative estimate of drug-likeness (QED) is 0.540. The number of hydrogen-bond donors (Lipinski definition) is 1. The first-order valence-electron chi connectivity index (χ1n) is 10.0. The number of carbonyl (C=O) groups excluding carboxylic acids is 1. The Balaban J connectivity index is 1.68. The molecule has 0 aliphatic carbocycles. The van der Waals surface area contributed by atoms with Gasteiger partial charge in [-0.15, -0.1) is 0 Å². The van der Waals surface area contributed by atoms with Gasteiger partial charge in [-0.05, 0) is 74.0 Å². The zero-order chi connectivity index (χ0) is 22.4. The van der Waals surface area contributed by atoms with Gasteiger partial charge >= 0.3 is 0 Å². The number of sulfonamides is 1. The van der Waals surface area contributed by atoms with Crippen molar-refractivity contribution in [2.24, 2.45) is 0 Å². The van der Waals surface area contributed by atoms with E-state index in [9.17, 15) is 13.2 Å². The van der Waals surface area contributed by atoms with Crippen LogP contribution in [0.3, 0.4) is 0 Å². The van der Waals surface area contributed by atoms with Gasteiger partial charge in [0.25, 0.3) is 15.9 Å². The summed E-state index contributed by atoms with van der Waals surface area (Å²) < 4.78 is 32.6. The molecule has 1 amide bonds. The number of hydrogen-bond acceptors (Lipinski definition) is 4. The van der Waals surface area contributed by atoms with Crippen molar-refractivity contribution in [3.63, 3.8) is 0 Å². The highest BCUT2D eigenvalue weighted by Crippen LogP contribution is 2.23. The molecular weight excluding hydrogens is 412 g/mol. The lowest BCUT2D eigenvalue weighted by Gasteiger charge is -2.19. The standard InChI is InChI=1S/C24H26N2O4S/c1-4-18(2)30-22-14-10-19(11-15-22)24(27)25-20-12-16-23(17-13-20)31(28,29)26(3)21-8-6-5-7-9-21/h5-18H,4H2,1-3H3,(H,25,27). The normalized spacial score (nSPS) is 12.1. The van der Waals surface area contributed by atoms with Gasteiger partial charge in [-0.1, -0.05) is 25.1 Å². The van der Waals surface area contributed by atoms with Gasteiger partial charge in [-0.2, -0.15) is 0 Å². The van der Waals surface area contributed by atoms with Gasteiger partial charge in [0, 0.05) is 18.3 Å². The van der Waals surface area contributed by atoms with Crippen molar-refractivity contribution < 1.29 is 17.9 Å². The molecule has 7 heteroatoms. The largest absolute Gasteiger partial charge is 0.491 e. The van der Waals surface area contributed by atoms with E-state index in [4.69, 9.17) is 4.74 Å². The Morgan fingerprint density at radius 1 is 0.968 bits per heavy atom. The van der Waals surface area contributed by atoms with Gasteiger partial charge in [-0.25, -0.2) is 8.42 Å². The third kappa shape index (κ3) is 5.44. The molecule has 3 aromatic carbocycles. The minimum Gasteiger partial charge on any atom is -0.491 e. The second-order valence-corrected chi connectivity index (χ2v) is 9.12. The Hall–Kier alpha value is -3.32. The molecule has 0 aliphatic rings. The van der Waals surface area contributed by atoms with Crippen molar-refractivity contribution in [1.29, 1.82) is 0 Å². The fourth-order valence-corrected chi connectivity index (χ4v) is 4.04. The highest BCUT2D eigenvalue weighted by atomic mass is 32.2. The summed E-state index contributed by atoms with van der Waals surface area (Å²) >= 11 is 0. The molecule has 1 atom stereocenters. The highest BCUT2D eigenvalue weighted by molar-refractivity contribution is 7.92. The molecule has 0 radical (unpaired) electrons. The average Bonchev–Trinajstić information content (AvgIpc) is 2.79. The molecule has 0 aliphatic heterocycles. The van der Waals surface area contributed by atoms with Crippen LogP contribution >= 0.6 is 0 Å². The van der Waals surface area contributed by atoms with E-state index < -0.39 is 10.0 Å². The first-order valence-corrected chi connectivity index (χ1v) is 11.5. The van der Waals surface area contributed by atoms with E-state index in [1.54, 1.807) is 60.7 Å². The SMILES string of the molecule is CCC(C)Oc1ccc(C(=O)Nc2ccc(S(=O)(=O)N(C)c3ccccc3)cc2)cc1. The van der Waals surface area contributed by atoms with Crippen LogP contribution in [0.5, 0.6) is 5.75 Å². The Labute approximate surface area is 183 Å². The molecule has 1 N–H and O–H groups in total. The maximum atomic E-state index is 12.8. The molecule has 0 saturated carbocycles. The van der Waals surface area contributed by atoms with Crippen molar-refractivity contribution in [3.05, 3.63) is 84.4 Å². The molecule has 0 fully saturated rings. The van der Waals surface area contributed by atoms with Crippen LogP contribution in [-0.2, 0) is 10.0 Å². The number of nitrogens with zero attached hydrogens (tertiary/aromatic N) is 1.